The van der Waals surface area contributed by atoms with Gasteiger partial charge in [0.2, 0.25) is 5.91 Å². The maximum Gasteiger partial charge on any atom is 0.249 e. The Hall–Kier alpha value is -1.96. The highest BCUT2D eigenvalue weighted by Crippen LogP contribution is 2.26. The first-order valence-electron chi connectivity index (χ1n) is 13.0. The molecular weight excluding hydrogens is 456 g/mol. The molecular formula is C28H46N4O2S. The Labute approximate surface area is 218 Å². The highest BCUT2D eigenvalue weighted by atomic mass is 32.2. The number of carbonyl (C=O) groups excluding carboxylic acids is 1. The lowest BCUT2D eigenvalue weighted by Crippen LogP contribution is -2.47. The molecule has 7 heteroatoms. The first kappa shape index (κ1) is 29.3. The second kappa shape index (κ2) is 15.2. The molecule has 2 rings (SSSR count). The molecule has 196 valence electrons. The van der Waals surface area contributed by atoms with Crippen LogP contribution in [0.2, 0.25) is 0 Å². The fourth-order valence-corrected chi connectivity index (χ4v) is 5.02. The number of hydrogen-bond donors (Lipinski definition) is 0. The van der Waals surface area contributed by atoms with Crippen LogP contribution in [0.4, 0.5) is 0 Å². The summed E-state index contributed by atoms with van der Waals surface area (Å²) in [5.41, 5.74) is 2.71. The SMILES string of the molecule is C=C(C)/C=C\C(=C)O/C(CSN(CC)CC)=C(/C=C(\C)C(=O)N1CCN(C)CC1)N1CCCCC1. The summed E-state index contributed by atoms with van der Waals surface area (Å²) in [6.07, 6.45) is 9.37. The van der Waals surface area contributed by atoms with E-state index >= 15 is 0 Å². The largest absolute Gasteiger partial charge is 0.459 e. The number of amides is 1. The van der Waals surface area contributed by atoms with E-state index in [0.29, 0.717) is 11.5 Å². The number of nitrogens with zero attached hydrogens (tertiary/aromatic N) is 4. The minimum atomic E-state index is 0.115. The molecule has 0 saturated carbocycles. The van der Waals surface area contributed by atoms with Crippen LogP contribution in [0.5, 0.6) is 0 Å². The molecule has 0 N–H and O–H groups in total. The van der Waals surface area contributed by atoms with Crippen LogP contribution in [0.25, 0.3) is 0 Å². The van der Waals surface area contributed by atoms with Gasteiger partial charge in [0, 0.05) is 57.9 Å². The van der Waals surface area contributed by atoms with Crippen molar-refractivity contribution < 1.29 is 9.53 Å². The maximum atomic E-state index is 13.3. The van der Waals surface area contributed by atoms with Gasteiger partial charge in [-0.3, -0.25) is 9.10 Å². The smallest absolute Gasteiger partial charge is 0.249 e. The van der Waals surface area contributed by atoms with E-state index in [1.807, 2.05) is 30.9 Å². The molecule has 2 aliphatic rings. The molecule has 0 aliphatic carbocycles. The van der Waals surface area contributed by atoms with E-state index in [1.165, 1.54) is 6.42 Å². The normalized spacial score (nSPS) is 18.7. The molecule has 0 radical (unpaired) electrons. The van der Waals surface area contributed by atoms with E-state index in [9.17, 15) is 4.79 Å². The Morgan fingerprint density at radius 3 is 2.14 bits per heavy atom. The van der Waals surface area contributed by atoms with Gasteiger partial charge in [0.1, 0.15) is 11.5 Å². The first-order valence-corrected chi connectivity index (χ1v) is 13.9. The summed E-state index contributed by atoms with van der Waals surface area (Å²) >= 11 is 1.76. The van der Waals surface area contributed by atoms with Gasteiger partial charge in [0.25, 0.3) is 0 Å². The van der Waals surface area contributed by atoms with Crippen LogP contribution in [0.1, 0.15) is 47.0 Å². The van der Waals surface area contributed by atoms with Crippen LogP contribution in [0.15, 0.2) is 59.7 Å². The van der Waals surface area contributed by atoms with Crippen molar-refractivity contribution in [1.82, 2.24) is 19.0 Å². The van der Waals surface area contributed by atoms with Crippen LogP contribution >= 0.6 is 11.9 Å². The van der Waals surface area contributed by atoms with Crippen molar-refractivity contribution in [2.24, 2.45) is 0 Å². The zero-order chi connectivity index (χ0) is 25.8. The standard InChI is InChI=1S/C28H46N4O2S/c1-8-32(9-2)35-22-27(34-25(6)14-13-23(3)4)26(30-15-11-10-12-16-30)21-24(5)28(33)31-19-17-29(7)18-20-31/h13-14,21H,3,6,8-12,15-20,22H2,1-2,4-5,7H3/b14-13-,24-21+,27-26-. The summed E-state index contributed by atoms with van der Waals surface area (Å²) in [5, 5.41) is 0. The fraction of sp³-hybridized carbons (Fsp3) is 0.607. The topological polar surface area (TPSA) is 39.3 Å². The molecule has 6 nitrogen and oxygen atoms in total. The van der Waals surface area contributed by atoms with Crippen molar-refractivity contribution in [1.29, 1.82) is 0 Å². The average Bonchev–Trinajstić information content (AvgIpc) is 2.86. The van der Waals surface area contributed by atoms with E-state index in [-0.39, 0.29) is 5.91 Å². The average molecular weight is 503 g/mol. The van der Waals surface area contributed by atoms with Crippen LogP contribution in [-0.4, -0.2) is 90.1 Å². The molecule has 2 fully saturated rings. The molecule has 0 aromatic heterocycles. The number of likely N-dealkylation sites (tertiary alicyclic amines) is 1. The van der Waals surface area contributed by atoms with Gasteiger partial charge in [0.15, 0.2) is 0 Å². The Balaban J connectivity index is 2.41. The molecule has 0 spiro atoms. The van der Waals surface area contributed by atoms with Crippen molar-refractivity contribution in [3.63, 3.8) is 0 Å². The third-order valence-corrected chi connectivity index (χ3v) is 7.63. The van der Waals surface area contributed by atoms with Crippen molar-refractivity contribution >= 4 is 17.9 Å². The Bertz CT molecular complexity index is 815. The Kier molecular flexibility index (Phi) is 12.7. The van der Waals surface area contributed by atoms with Crippen molar-refractivity contribution in [2.45, 2.75) is 47.0 Å². The second-order valence-corrected chi connectivity index (χ2v) is 10.5. The zero-order valence-corrected chi connectivity index (χ0v) is 23.5. The van der Waals surface area contributed by atoms with Crippen LogP contribution in [0, 0.1) is 0 Å². The van der Waals surface area contributed by atoms with Gasteiger partial charge in [0.05, 0.1) is 11.4 Å². The van der Waals surface area contributed by atoms with Crippen LogP contribution in [-0.2, 0) is 9.53 Å². The molecule has 0 aromatic rings. The number of likely N-dealkylation sites (N-methyl/N-ethyl adjacent to an activating group) is 1. The molecule has 2 aliphatic heterocycles. The van der Waals surface area contributed by atoms with Crippen molar-refractivity contribution in [3.8, 4) is 0 Å². The van der Waals surface area contributed by atoms with Gasteiger partial charge in [-0.15, -0.1) is 0 Å². The molecule has 0 aromatic carbocycles. The Morgan fingerprint density at radius 1 is 0.943 bits per heavy atom. The van der Waals surface area contributed by atoms with Gasteiger partial charge in [-0.2, -0.15) is 0 Å². The predicted molar refractivity (Wildman–Crippen MR) is 150 cm³/mol. The van der Waals surface area contributed by atoms with Gasteiger partial charge in [-0.05, 0) is 52.3 Å². The predicted octanol–water partition coefficient (Wildman–Crippen LogP) is 5.06. The number of hydrogen-bond acceptors (Lipinski definition) is 6. The lowest BCUT2D eigenvalue weighted by atomic mass is 10.1. The van der Waals surface area contributed by atoms with Crippen LogP contribution in [0.3, 0.4) is 0 Å². The summed E-state index contributed by atoms with van der Waals surface area (Å²) in [6, 6.07) is 0. The summed E-state index contributed by atoms with van der Waals surface area (Å²) < 4.78 is 8.70. The van der Waals surface area contributed by atoms with Gasteiger partial charge < -0.3 is 19.4 Å². The molecule has 2 saturated heterocycles. The minimum absolute atomic E-state index is 0.115. The first-order chi connectivity index (χ1) is 16.7. The van der Waals surface area contributed by atoms with E-state index < -0.39 is 0 Å². The summed E-state index contributed by atoms with van der Waals surface area (Å²) in [5.74, 6) is 2.23. The van der Waals surface area contributed by atoms with Crippen molar-refractivity contribution in [3.05, 3.63) is 59.7 Å². The summed E-state index contributed by atoms with van der Waals surface area (Å²) in [7, 11) is 2.11. The fourth-order valence-electron chi connectivity index (χ4n) is 4.15. The zero-order valence-electron chi connectivity index (χ0n) is 22.6. The maximum absolute atomic E-state index is 13.3. The molecule has 1 amide bonds. The number of ether oxygens (including phenoxy) is 1. The highest BCUT2D eigenvalue weighted by molar-refractivity contribution is 7.97. The van der Waals surface area contributed by atoms with Gasteiger partial charge in [-0.1, -0.05) is 50.6 Å². The summed E-state index contributed by atoms with van der Waals surface area (Å²) in [6.45, 7) is 23.5. The third-order valence-electron chi connectivity index (χ3n) is 6.36. The monoisotopic (exact) mass is 502 g/mol. The lowest BCUT2D eigenvalue weighted by Gasteiger charge is -2.34. The third kappa shape index (κ3) is 9.90. The number of piperazine rings is 1. The van der Waals surface area contributed by atoms with Crippen molar-refractivity contribution in [2.75, 3.05) is 65.2 Å². The molecule has 0 bridgehead atoms. The van der Waals surface area contributed by atoms with Crippen LogP contribution < -0.4 is 0 Å². The number of allylic oxidation sites excluding steroid dienone is 4. The minimum Gasteiger partial charge on any atom is -0.459 e. The number of rotatable bonds is 12. The van der Waals surface area contributed by atoms with E-state index in [4.69, 9.17) is 4.74 Å². The number of piperidine rings is 1. The number of carbonyl (C=O) groups is 1. The Morgan fingerprint density at radius 2 is 1.57 bits per heavy atom. The lowest BCUT2D eigenvalue weighted by molar-refractivity contribution is -0.128. The van der Waals surface area contributed by atoms with E-state index in [2.05, 4.69) is 54.2 Å². The highest BCUT2D eigenvalue weighted by Gasteiger charge is 2.23. The van der Waals surface area contributed by atoms with Gasteiger partial charge >= 0.3 is 0 Å². The summed E-state index contributed by atoms with van der Waals surface area (Å²) in [4.78, 5) is 19.9. The van der Waals surface area contributed by atoms with E-state index in [0.717, 1.165) is 87.8 Å². The van der Waals surface area contributed by atoms with E-state index in [1.54, 1.807) is 11.9 Å². The second-order valence-electron chi connectivity index (χ2n) is 9.41. The quantitative estimate of drug-likeness (QED) is 0.161. The molecule has 0 atom stereocenters. The molecule has 0 unspecified atom stereocenters. The molecule has 2 heterocycles. The van der Waals surface area contributed by atoms with Gasteiger partial charge in [-0.25, -0.2) is 0 Å². The molecule has 35 heavy (non-hydrogen) atoms.